The van der Waals surface area contributed by atoms with Crippen LogP contribution in [0.4, 0.5) is 5.69 Å². The second kappa shape index (κ2) is 7.77. The molecule has 26 heavy (non-hydrogen) atoms. The molecule has 0 aliphatic rings. The highest BCUT2D eigenvalue weighted by Crippen LogP contribution is 2.28. The highest BCUT2D eigenvalue weighted by atomic mass is 35.5. The predicted octanol–water partition coefficient (Wildman–Crippen LogP) is 4.94. The van der Waals surface area contributed by atoms with E-state index in [-0.39, 0.29) is 12.4 Å². The molecule has 3 rings (SSSR count). The number of nitriles is 1. The van der Waals surface area contributed by atoms with Gasteiger partial charge in [-0.2, -0.15) is 5.26 Å². The number of amides is 1. The first-order chi connectivity index (χ1) is 12.6. The Hall–Kier alpha value is -3.23. The number of rotatable bonds is 5. The molecule has 0 unspecified atom stereocenters. The molecule has 1 N–H and O–H groups in total. The smallest absolute Gasteiger partial charge is 0.291 e. The van der Waals surface area contributed by atoms with Gasteiger partial charge in [0.25, 0.3) is 5.91 Å². The van der Waals surface area contributed by atoms with E-state index in [1.807, 2.05) is 25.1 Å². The number of furan rings is 1. The number of halogens is 1. The number of hydrogen-bond acceptors (Lipinski definition) is 4. The van der Waals surface area contributed by atoms with Gasteiger partial charge in [0.15, 0.2) is 5.76 Å². The molecular weight excluding hydrogens is 352 g/mol. The summed E-state index contributed by atoms with van der Waals surface area (Å²) in [6, 6.07) is 17.5. The monoisotopic (exact) mass is 366 g/mol. The Kier molecular flexibility index (Phi) is 5.26. The fourth-order valence-electron chi connectivity index (χ4n) is 2.39. The van der Waals surface area contributed by atoms with Crippen LogP contribution in [0.1, 0.15) is 27.4 Å². The molecule has 6 heteroatoms. The summed E-state index contributed by atoms with van der Waals surface area (Å²) in [5.74, 6) is 0.766. The number of ether oxygens (including phenoxy) is 1. The van der Waals surface area contributed by atoms with Crippen molar-refractivity contribution >= 4 is 23.2 Å². The van der Waals surface area contributed by atoms with Crippen LogP contribution in [0.2, 0.25) is 5.02 Å². The van der Waals surface area contributed by atoms with Crippen LogP contribution in [0.15, 0.2) is 59.0 Å². The third-order valence-corrected chi connectivity index (χ3v) is 4.00. The van der Waals surface area contributed by atoms with Gasteiger partial charge in [0, 0.05) is 0 Å². The zero-order chi connectivity index (χ0) is 18.5. The molecule has 0 bridgehead atoms. The molecule has 1 amide bonds. The Balaban J connectivity index is 1.68. The van der Waals surface area contributed by atoms with E-state index < -0.39 is 5.91 Å². The van der Waals surface area contributed by atoms with Gasteiger partial charge >= 0.3 is 0 Å². The van der Waals surface area contributed by atoms with Crippen LogP contribution < -0.4 is 10.1 Å². The maximum atomic E-state index is 12.3. The lowest BCUT2D eigenvalue weighted by Gasteiger charge is -2.09. The zero-order valence-corrected chi connectivity index (χ0v) is 14.7. The van der Waals surface area contributed by atoms with Crippen LogP contribution >= 0.6 is 11.6 Å². The van der Waals surface area contributed by atoms with E-state index in [1.54, 1.807) is 42.5 Å². The molecule has 0 saturated carbocycles. The third-order valence-electron chi connectivity index (χ3n) is 3.70. The normalized spacial score (nSPS) is 10.2. The molecule has 1 heterocycles. The molecule has 0 aliphatic heterocycles. The summed E-state index contributed by atoms with van der Waals surface area (Å²) in [5, 5.41) is 12.3. The standard InChI is InChI=1S/C20H15ClN2O3/c1-13-5-4-7-16(21)19(13)25-12-15-9-10-18(26-15)20(24)23-17-8-3-2-6-14(17)11-22/h2-10H,12H2,1H3,(H,23,24). The minimum Gasteiger partial charge on any atom is -0.484 e. The number of carbonyl (C=O) groups excluding carboxylic acids is 1. The van der Waals surface area contributed by atoms with Crippen molar-refractivity contribution in [2.75, 3.05) is 5.32 Å². The maximum Gasteiger partial charge on any atom is 0.291 e. The van der Waals surface area contributed by atoms with E-state index in [0.29, 0.717) is 27.8 Å². The average Bonchev–Trinajstić information content (AvgIpc) is 3.11. The van der Waals surface area contributed by atoms with Crippen molar-refractivity contribution in [3.8, 4) is 11.8 Å². The van der Waals surface area contributed by atoms with E-state index >= 15 is 0 Å². The van der Waals surface area contributed by atoms with Gasteiger partial charge in [-0.15, -0.1) is 0 Å². The molecule has 1 aromatic heterocycles. The van der Waals surface area contributed by atoms with E-state index in [2.05, 4.69) is 5.32 Å². The van der Waals surface area contributed by atoms with E-state index in [0.717, 1.165) is 5.56 Å². The van der Waals surface area contributed by atoms with Crippen molar-refractivity contribution in [1.82, 2.24) is 0 Å². The molecule has 3 aromatic rings. The SMILES string of the molecule is Cc1cccc(Cl)c1OCc1ccc(C(=O)Nc2ccccc2C#N)o1. The van der Waals surface area contributed by atoms with Gasteiger partial charge in [0.1, 0.15) is 24.2 Å². The van der Waals surface area contributed by atoms with Crippen molar-refractivity contribution in [2.24, 2.45) is 0 Å². The summed E-state index contributed by atoms with van der Waals surface area (Å²) in [6.45, 7) is 2.04. The first-order valence-corrected chi connectivity index (χ1v) is 8.23. The number of aryl methyl sites for hydroxylation is 1. The second-order valence-electron chi connectivity index (χ2n) is 5.55. The Labute approximate surface area is 155 Å². The highest BCUT2D eigenvalue weighted by molar-refractivity contribution is 6.32. The van der Waals surface area contributed by atoms with Gasteiger partial charge < -0.3 is 14.5 Å². The lowest BCUT2D eigenvalue weighted by molar-refractivity contribution is 0.0992. The molecule has 0 aliphatic carbocycles. The van der Waals surface area contributed by atoms with Gasteiger partial charge in [0.2, 0.25) is 0 Å². The van der Waals surface area contributed by atoms with Gasteiger partial charge in [0.05, 0.1) is 16.3 Å². The fourth-order valence-corrected chi connectivity index (χ4v) is 2.67. The van der Waals surface area contributed by atoms with Crippen molar-refractivity contribution in [2.45, 2.75) is 13.5 Å². The van der Waals surface area contributed by atoms with Gasteiger partial charge in [-0.05, 0) is 42.8 Å². The topological polar surface area (TPSA) is 75.3 Å². The van der Waals surface area contributed by atoms with Crippen LogP contribution in [-0.2, 0) is 6.61 Å². The quantitative estimate of drug-likeness (QED) is 0.693. The van der Waals surface area contributed by atoms with Gasteiger partial charge in [-0.25, -0.2) is 0 Å². The van der Waals surface area contributed by atoms with Crippen LogP contribution in [0.25, 0.3) is 0 Å². The van der Waals surface area contributed by atoms with Gasteiger partial charge in [-0.3, -0.25) is 4.79 Å². The van der Waals surface area contributed by atoms with E-state index in [1.165, 1.54) is 0 Å². The minimum absolute atomic E-state index is 0.132. The number of benzene rings is 2. The Morgan fingerprint density at radius 1 is 1.19 bits per heavy atom. The Bertz CT molecular complexity index is 968. The van der Waals surface area contributed by atoms with Crippen molar-refractivity contribution in [1.29, 1.82) is 5.26 Å². The molecular formula is C20H15ClN2O3. The molecule has 5 nitrogen and oxygen atoms in total. The predicted molar refractivity (Wildman–Crippen MR) is 98.3 cm³/mol. The van der Waals surface area contributed by atoms with Crippen molar-refractivity contribution in [3.63, 3.8) is 0 Å². The highest BCUT2D eigenvalue weighted by Gasteiger charge is 2.14. The first kappa shape index (κ1) is 17.6. The molecule has 2 aromatic carbocycles. The third kappa shape index (κ3) is 3.88. The van der Waals surface area contributed by atoms with Gasteiger partial charge in [-0.1, -0.05) is 35.9 Å². The van der Waals surface area contributed by atoms with E-state index in [4.69, 9.17) is 26.0 Å². The number of nitrogens with one attached hydrogen (secondary N) is 1. The number of carbonyl (C=O) groups is 1. The summed E-state index contributed by atoms with van der Waals surface area (Å²) in [4.78, 5) is 12.3. The van der Waals surface area contributed by atoms with E-state index in [9.17, 15) is 4.79 Å². The number of para-hydroxylation sites is 2. The largest absolute Gasteiger partial charge is 0.484 e. The number of hydrogen-bond donors (Lipinski definition) is 1. The first-order valence-electron chi connectivity index (χ1n) is 7.85. The summed E-state index contributed by atoms with van der Waals surface area (Å²) >= 11 is 6.12. The van der Waals surface area contributed by atoms with Crippen LogP contribution in [-0.4, -0.2) is 5.91 Å². The summed E-state index contributed by atoms with van der Waals surface area (Å²) in [5.41, 5.74) is 1.72. The Morgan fingerprint density at radius 2 is 2.00 bits per heavy atom. The lowest BCUT2D eigenvalue weighted by Crippen LogP contribution is -2.11. The second-order valence-corrected chi connectivity index (χ2v) is 5.96. The number of anilines is 1. The minimum atomic E-state index is -0.437. The fraction of sp³-hybridized carbons (Fsp3) is 0.100. The van der Waals surface area contributed by atoms with Crippen molar-refractivity contribution < 1.29 is 13.9 Å². The Morgan fingerprint density at radius 3 is 2.77 bits per heavy atom. The molecule has 0 fully saturated rings. The summed E-state index contributed by atoms with van der Waals surface area (Å²) in [7, 11) is 0. The molecule has 0 saturated heterocycles. The average molecular weight is 367 g/mol. The maximum absolute atomic E-state index is 12.3. The molecule has 130 valence electrons. The molecule has 0 atom stereocenters. The summed E-state index contributed by atoms with van der Waals surface area (Å²) in [6.07, 6.45) is 0. The summed E-state index contributed by atoms with van der Waals surface area (Å²) < 4.78 is 11.2. The van der Waals surface area contributed by atoms with Crippen LogP contribution in [0.3, 0.4) is 0 Å². The van der Waals surface area contributed by atoms with Crippen molar-refractivity contribution in [3.05, 3.63) is 82.3 Å². The number of nitrogens with zero attached hydrogens (tertiary/aromatic N) is 1. The zero-order valence-electron chi connectivity index (χ0n) is 14.0. The molecule has 0 radical (unpaired) electrons. The molecule has 0 spiro atoms. The van der Waals surface area contributed by atoms with Crippen LogP contribution in [0, 0.1) is 18.3 Å². The lowest BCUT2D eigenvalue weighted by atomic mass is 10.2. The van der Waals surface area contributed by atoms with Crippen LogP contribution in [0.5, 0.6) is 5.75 Å².